The Morgan fingerprint density at radius 2 is 1.95 bits per heavy atom. The molecule has 19 heavy (non-hydrogen) atoms. The summed E-state index contributed by atoms with van der Waals surface area (Å²) >= 11 is 12.4. The fourth-order valence-electron chi connectivity index (χ4n) is 2.10. The number of rotatable bonds is 5. The van der Waals surface area contributed by atoms with Crippen LogP contribution in [0.25, 0.3) is 0 Å². The zero-order valence-corrected chi connectivity index (χ0v) is 13.2. The van der Waals surface area contributed by atoms with Crippen LogP contribution < -0.4 is 4.90 Å². The van der Waals surface area contributed by atoms with Crippen LogP contribution >= 0.6 is 23.2 Å². The van der Waals surface area contributed by atoms with Gasteiger partial charge in [-0.3, -0.25) is 9.69 Å². The Balaban J connectivity index is 3.53. The molecule has 0 unspecified atom stereocenters. The highest BCUT2D eigenvalue weighted by atomic mass is 35.5. The van der Waals surface area contributed by atoms with Crippen LogP contribution in [0.2, 0.25) is 10.0 Å². The summed E-state index contributed by atoms with van der Waals surface area (Å²) in [6, 6.07) is 1.82. The van der Waals surface area contributed by atoms with Gasteiger partial charge in [-0.15, -0.1) is 0 Å². The molecule has 1 amide bonds. The van der Waals surface area contributed by atoms with E-state index < -0.39 is 0 Å². The molecule has 0 heterocycles. The van der Waals surface area contributed by atoms with E-state index in [1.807, 2.05) is 19.9 Å². The molecule has 0 N–H and O–H groups in total. The van der Waals surface area contributed by atoms with E-state index in [2.05, 4.69) is 0 Å². The number of carbonyl (C=O) groups is 1. The minimum absolute atomic E-state index is 0.0790. The molecule has 0 saturated heterocycles. The number of nitrogens with zero attached hydrogens (tertiary/aromatic N) is 1. The van der Waals surface area contributed by atoms with Crippen molar-refractivity contribution in [1.29, 1.82) is 0 Å². The summed E-state index contributed by atoms with van der Waals surface area (Å²) in [4.78, 5) is 13.4. The largest absolute Gasteiger partial charge is 0.364 e. The number of benzene rings is 1. The van der Waals surface area contributed by atoms with Gasteiger partial charge in [-0.25, -0.2) is 0 Å². The van der Waals surface area contributed by atoms with Crippen molar-refractivity contribution in [2.45, 2.75) is 33.6 Å². The molecule has 0 aliphatic rings. The van der Waals surface area contributed by atoms with Crippen LogP contribution in [0, 0.1) is 0 Å². The summed E-state index contributed by atoms with van der Waals surface area (Å²) in [6.07, 6.45) is 1.47. The van der Waals surface area contributed by atoms with Crippen LogP contribution in [0.1, 0.15) is 31.9 Å². The average Bonchev–Trinajstić information content (AvgIpc) is 2.38. The second-order valence-corrected chi connectivity index (χ2v) is 5.02. The summed E-state index contributed by atoms with van der Waals surface area (Å²) in [7, 11) is 1.56. The van der Waals surface area contributed by atoms with Crippen molar-refractivity contribution in [3.8, 4) is 0 Å². The first-order chi connectivity index (χ1) is 8.97. The first kappa shape index (κ1) is 16.3. The number of amides is 1. The highest BCUT2D eigenvalue weighted by Crippen LogP contribution is 2.37. The Hall–Kier alpha value is -0.770. The van der Waals surface area contributed by atoms with Crippen LogP contribution in [-0.4, -0.2) is 19.7 Å². The van der Waals surface area contributed by atoms with Crippen molar-refractivity contribution in [2.24, 2.45) is 0 Å². The van der Waals surface area contributed by atoms with Crippen molar-refractivity contribution >= 4 is 34.8 Å². The third-order valence-corrected chi connectivity index (χ3v) is 3.83. The van der Waals surface area contributed by atoms with E-state index in [0.29, 0.717) is 16.5 Å². The predicted octanol–water partition coefficient (Wildman–Crippen LogP) is 4.08. The SMILES string of the molecule is CCc1cc(Cl)c(Cl)c(CC)c1N(COC)C(C)=O. The topological polar surface area (TPSA) is 29.5 Å². The van der Waals surface area contributed by atoms with Gasteiger partial charge in [0, 0.05) is 14.0 Å². The molecule has 1 rings (SSSR count). The molecule has 0 radical (unpaired) electrons. The van der Waals surface area contributed by atoms with E-state index in [0.717, 1.165) is 23.2 Å². The maximum absolute atomic E-state index is 11.8. The Labute approximate surface area is 124 Å². The molecule has 0 spiro atoms. The minimum Gasteiger partial charge on any atom is -0.364 e. The fourth-order valence-corrected chi connectivity index (χ4v) is 2.62. The van der Waals surface area contributed by atoms with Crippen molar-refractivity contribution in [3.63, 3.8) is 0 Å². The highest BCUT2D eigenvalue weighted by Gasteiger charge is 2.21. The quantitative estimate of drug-likeness (QED) is 0.767. The number of carbonyl (C=O) groups excluding carboxylic acids is 1. The fraction of sp³-hybridized carbons (Fsp3) is 0.500. The second-order valence-electron chi connectivity index (χ2n) is 4.23. The molecular formula is C14H19Cl2NO2. The number of anilines is 1. The van der Waals surface area contributed by atoms with E-state index >= 15 is 0 Å². The molecule has 0 fully saturated rings. The molecule has 0 aliphatic carbocycles. The van der Waals surface area contributed by atoms with Gasteiger partial charge in [-0.1, -0.05) is 37.0 Å². The lowest BCUT2D eigenvalue weighted by atomic mass is 10.0. The van der Waals surface area contributed by atoms with Crippen LogP contribution in [0.5, 0.6) is 0 Å². The van der Waals surface area contributed by atoms with Crippen LogP contribution in [0.3, 0.4) is 0 Å². The van der Waals surface area contributed by atoms with Gasteiger partial charge in [0.05, 0.1) is 15.7 Å². The first-order valence-corrected chi connectivity index (χ1v) is 7.00. The van der Waals surface area contributed by atoms with E-state index in [1.54, 1.807) is 12.0 Å². The van der Waals surface area contributed by atoms with E-state index in [4.69, 9.17) is 27.9 Å². The number of ether oxygens (including phenoxy) is 1. The van der Waals surface area contributed by atoms with Gasteiger partial charge in [-0.2, -0.15) is 0 Å². The standard InChI is InChI=1S/C14H19Cl2NO2/c1-5-10-7-12(15)13(16)11(6-2)14(10)17(8-19-4)9(3)18/h7H,5-6,8H2,1-4H3. The molecule has 106 valence electrons. The zero-order valence-electron chi connectivity index (χ0n) is 11.7. The molecule has 0 atom stereocenters. The Morgan fingerprint density at radius 1 is 1.32 bits per heavy atom. The lowest BCUT2D eigenvalue weighted by Gasteiger charge is -2.26. The lowest BCUT2D eigenvalue weighted by molar-refractivity contribution is -0.117. The van der Waals surface area contributed by atoms with Gasteiger partial charge in [0.25, 0.3) is 0 Å². The molecular weight excluding hydrogens is 285 g/mol. The van der Waals surface area contributed by atoms with Crippen molar-refractivity contribution in [3.05, 3.63) is 27.2 Å². The number of hydrogen-bond donors (Lipinski definition) is 0. The number of halogens is 2. The van der Waals surface area contributed by atoms with Gasteiger partial charge in [0.15, 0.2) is 0 Å². The van der Waals surface area contributed by atoms with Gasteiger partial charge in [0.2, 0.25) is 5.91 Å². The normalized spacial score (nSPS) is 10.6. The highest BCUT2D eigenvalue weighted by molar-refractivity contribution is 6.43. The molecule has 5 heteroatoms. The van der Waals surface area contributed by atoms with Crippen molar-refractivity contribution in [2.75, 3.05) is 18.7 Å². The molecule has 0 aromatic heterocycles. The number of aryl methyl sites for hydroxylation is 1. The van der Waals surface area contributed by atoms with Gasteiger partial charge in [0.1, 0.15) is 6.73 Å². The maximum atomic E-state index is 11.8. The monoisotopic (exact) mass is 303 g/mol. The van der Waals surface area contributed by atoms with Crippen LogP contribution in [-0.2, 0) is 22.4 Å². The Morgan fingerprint density at radius 3 is 2.37 bits per heavy atom. The summed E-state index contributed by atoms with van der Waals surface area (Å²) in [6.45, 7) is 5.73. The summed E-state index contributed by atoms with van der Waals surface area (Å²) in [5.41, 5.74) is 2.71. The van der Waals surface area contributed by atoms with Crippen molar-refractivity contribution in [1.82, 2.24) is 0 Å². The zero-order chi connectivity index (χ0) is 14.6. The summed E-state index contributed by atoms with van der Waals surface area (Å²) in [5.74, 6) is -0.0790. The number of hydrogen-bond acceptors (Lipinski definition) is 2. The van der Waals surface area contributed by atoms with Gasteiger partial charge in [-0.05, 0) is 30.0 Å². The smallest absolute Gasteiger partial charge is 0.225 e. The van der Waals surface area contributed by atoms with Gasteiger partial charge < -0.3 is 4.74 Å². The molecule has 1 aromatic carbocycles. The van der Waals surface area contributed by atoms with Crippen molar-refractivity contribution < 1.29 is 9.53 Å². The molecule has 1 aromatic rings. The lowest BCUT2D eigenvalue weighted by Crippen LogP contribution is -2.32. The van der Waals surface area contributed by atoms with Gasteiger partial charge >= 0.3 is 0 Å². The molecule has 0 saturated carbocycles. The predicted molar refractivity (Wildman–Crippen MR) is 80.3 cm³/mol. The molecule has 0 aliphatic heterocycles. The summed E-state index contributed by atoms with van der Waals surface area (Å²) in [5, 5.41) is 1.04. The van der Waals surface area contributed by atoms with Crippen LogP contribution in [0.15, 0.2) is 6.07 Å². The molecule has 3 nitrogen and oxygen atoms in total. The maximum Gasteiger partial charge on any atom is 0.225 e. The van der Waals surface area contributed by atoms with Crippen LogP contribution in [0.4, 0.5) is 5.69 Å². The Bertz CT molecular complexity index is 475. The average molecular weight is 304 g/mol. The summed E-state index contributed by atoms with van der Waals surface area (Å²) < 4.78 is 5.12. The third kappa shape index (κ3) is 3.41. The second kappa shape index (κ2) is 7.13. The van der Waals surface area contributed by atoms with E-state index in [9.17, 15) is 4.79 Å². The molecule has 0 bridgehead atoms. The van der Waals surface area contributed by atoms with E-state index in [1.165, 1.54) is 6.92 Å². The first-order valence-electron chi connectivity index (χ1n) is 6.24. The minimum atomic E-state index is -0.0790. The van der Waals surface area contributed by atoms with E-state index in [-0.39, 0.29) is 12.6 Å². The third-order valence-electron chi connectivity index (χ3n) is 3.01. The number of methoxy groups -OCH3 is 1. The Kier molecular flexibility index (Phi) is 6.11.